The molecule has 0 aliphatic carbocycles. The van der Waals surface area contributed by atoms with Crippen molar-refractivity contribution in [2.24, 2.45) is 0 Å². The number of halogens is 1. The molecular formula is C26H24BrNO5. The van der Waals surface area contributed by atoms with Crippen molar-refractivity contribution in [2.45, 2.75) is 23.6 Å². The number of hydrogen-bond acceptors (Lipinski definition) is 6. The molecule has 1 heterocycles. The number of esters is 2. The molecule has 3 aromatic rings. The van der Waals surface area contributed by atoms with Crippen molar-refractivity contribution >= 4 is 33.6 Å². The van der Waals surface area contributed by atoms with Gasteiger partial charge in [0.05, 0.1) is 14.2 Å². The first-order valence-electron chi connectivity index (χ1n) is 10.4. The summed E-state index contributed by atoms with van der Waals surface area (Å²) in [7, 11) is 2.58. The Hall–Kier alpha value is -3.16. The van der Waals surface area contributed by atoms with Gasteiger partial charge in [0.25, 0.3) is 0 Å². The zero-order chi connectivity index (χ0) is 23.6. The van der Waals surface area contributed by atoms with E-state index in [2.05, 4.69) is 15.9 Å². The van der Waals surface area contributed by atoms with Crippen LogP contribution < -0.4 is 4.90 Å². The highest BCUT2D eigenvalue weighted by atomic mass is 79.9. The molecule has 3 atom stereocenters. The summed E-state index contributed by atoms with van der Waals surface area (Å²) in [6.45, 7) is 0. The average molecular weight is 510 g/mol. The number of anilines is 1. The van der Waals surface area contributed by atoms with Crippen molar-refractivity contribution in [1.29, 1.82) is 0 Å². The lowest BCUT2D eigenvalue weighted by Crippen LogP contribution is -2.61. The molecule has 0 unspecified atom stereocenters. The van der Waals surface area contributed by atoms with Crippen LogP contribution >= 0.6 is 15.9 Å². The molecule has 4 rings (SSSR count). The van der Waals surface area contributed by atoms with Crippen LogP contribution in [0.4, 0.5) is 5.69 Å². The van der Waals surface area contributed by atoms with Gasteiger partial charge in [-0.3, -0.25) is 0 Å². The number of carbonyl (C=O) groups is 2. The van der Waals surface area contributed by atoms with Crippen molar-refractivity contribution in [3.8, 4) is 0 Å². The second kappa shape index (κ2) is 9.00. The minimum atomic E-state index is -1.82. The van der Waals surface area contributed by atoms with Crippen molar-refractivity contribution in [2.75, 3.05) is 19.1 Å². The number of rotatable bonds is 5. The molecule has 0 bridgehead atoms. The molecule has 1 N–H and O–H groups in total. The fraction of sp³-hybridized carbons (Fsp3) is 0.231. The number of hydrogen-bond donors (Lipinski definition) is 1. The lowest BCUT2D eigenvalue weighted by atomic mass is 9.71. The summed E-state index contributed by atoms with van der Waals surface area (Å²) in [5, 5.41) is 12.5. The van der Waals surface area contributed by atoms with Gasteiger partial charge in [0, 0.05) is 16.6 Å². The Kier molecular flexibility index (Phi) is 6.28. The summed E-state index contributed by atoms with van der Waals surface area (Å²) in [5.74, 6) is -1.25. The van der Waals surface area contributed by atoms with Gasteiger partial charge < -0.3 is 19.5 Å². The first-order chi connectivity index (χ1) is 15.9. The lowest BCUT2D eigenvalue weighted by molar-refractivity contribution is -0.158. The first kappa shape index (κ1) is 23.0. The van der Waals surface area contributed by atoms with Gasteiger partial charge in [-0.05, 0) is 29.3 Å². The molecule has 33 heavy (non-hydrogen) atoms. The van der Waals surface area contributed by atoms with Crippen molar-refractivity contribution in [3.63, 3.8) is 0 Å². The van der Waals surface area contributed by atoms with Crippen LogP contribution in [0.1, 0.15) is 17.5 Å². The molecule has 6 nitrogen and oxygen atoms in total. The normalized spacial score (nSPS) is 24.4. The maximum absolute atomic E-state index is 13.9. The van der Waals surface area contributed by atoms with Crippen LogP contribution in [0.15, 0.2) is 89.4 Å². The number of nitrogens with zero attached hydrogens (tertiary/aromatic N) is 1. The van der Waals surface area contributed by atoms with Gasteiger partial charge in [0.15, 0.2) is 5.54 Å². The summed E-state index contributed by atoms with van der Waals surface area (Å²) in [6.07, 6.45) is -0.0831. The van der Waals surface area contributed by atoms with E-state index in [0.29, 0.717) is 16.8 Å². The van der Waals surface area contributed by atoms with E-state index in [4.69, 9.17) is 9.47 Å². The molecule has 0 aromatic heterocycles. The number of ether oxygens (including phenoxy) is 2. The Morgan fingerprint density at radius 1 is 0.909 bits per heavy atom. The number of benzene rings is 3. The Morgan fingerprint density at radius 3 is 2.06 bits per heavy atom. The molecular weight excluding hydrogens is 486 g/mol. The molecule has 7 heteroatoms. The van der Waals surface area contributed by atoms with Gasteiger partial charge >= 0.3 is 11.9 Å². The summed E-state index contributed by atoms with van der Waals surface area (Å²) in [4.78, 5) is 28.6. The van der Waals surface area contributed by atoms with E-state index in [0.717, 1.165) is 4.47 Å². The molecule has 1 aliphatic rings. The third kappa shape index (κ3) is 3.52. The van der Waals surface area contributed by atoms with Crippen LogP contribution in [0.2, 0.25) is 0 Å². The maximum atomic E-state index is 13.9. The number of aliphatic hydroxyl groups is 1. The average Bonchev–Trinajstić information content (AvgIpc) is 3.15. The van der Waals surface area contributed by atoms with E-state index in [-0.39, 0.29) is 6.42 Å². The molecule has 3 aromatic carbocycles. The van der Waals surface area contributed by atoms with E-state index in [1.54, 1.807) is 71.6 Å². The minimum absolute atomic E-state index is 0.0831. The minimum Gasteiger partial charge on any atom is -0.467 e. The smallest absolute Gasteiger partial charge is 0.339 e. The fourth-order valence-corrected chi connectivity index (χ4v) is 5.29. The van der Waals surface area contributed by atoms with Crippen LogP contribution in [0, 0.1) is 0 Å². The summed E-state index contributed by atoms with van der Waals surface area (Å²) < 4.78 is 11.2. The van der Waals surface area contributed by atoms with Crippen LogP contribution in [0.5, 0.6) is 0 Å². The van der Waals surface area contributed by atoms with E-state index in [1.807, 2.05) is 18.2 Å². The molecule has 1 aliphatic heterocycles. The van der Waals surface area contributed by atoms with E-state index in [9.17, 15) is 14.7 Å². The third-order valence-electron chi connectivity index (χ3n) is 6.24. The van der Waals surface area contributed by atoms with Gasteiger partial charge in [-0.25, -0.2) is 9.59 Å². The second-order valence-electron chi connectivity index (χ2n) is 7.89. The molecule has 170 valence electrons. The second-order valence-corrected chi connectivity index (χ2v) is 8.80. The van der Waals surface area contributed by atoms with Gasteiger partial charge in [0.2, 0.25) is 0 Å². The predicted molar refractivity (Wildman–Crippen MR) is 128 cm³/mol. The van der Waals surface area contributed by atoms with Gasteiger partial charge in [-0.2, -0.15) is 0 Å². The predicted octanol–water partition coefficient (Wildman–Crippen LogP) is 4.16. The van der Waals surface area contributed by atoms with Crippen LogP contribution in [0.25, 0.3) is 0 Å². The third-order valence-corrected chi connectivity index (χ3v) is 6.74. The summed E-state index contributed by atoms with van der Waals surface area (Å²) in [6, 6.07) is 24.1. The van der Waals surface area contributed by atoms with Crippen LogP contribution in [-0.2, 0) is 30.2 Å². The zero-order valence-electron chi connectivity index (χ0n) is 18.3. The Balaban J connectivity index is 2.14. The summed E-state index contributed by atoms with van der Waals surface area (Å²) >= 11 is 3.48. The Bertz CT molecular complexity index is 1160. The molecule has 0 spiro atoms. The van der Waals surface area contributed by atoms with Crippen LogP contribution in [-0.4, -0.2) is 37.3 Å². The standard InChI is InChI=1S/C26H24BrNO5/c1-32-23(29)22-17-25(31,18-10-5-3-6-11-18)26(24(30)33-2,19-12-7-4-8-13-19)28(22)21-15-9-14-20(27)16-21/h3-16,22,31H,17H2,1-2H3/t22-,25-,26+/m0/s1. The number of carbonyl (C=O) groups excluding carboxylic acids is 2. The Labute approximate surface area is 200 Å². The SMILES string of the molecule is COC(=O)[C@@H]1C[C@](O)(c2ccccc2)[C@](C(=O)OC)(c2ccccc2)N1c1cccc(Br)c1. The van der Waals surface area contributed by atoms with Gasteiger partial charge in [-0.15, -0.1) is 0 Å². The van der Waals surface area contributed by atoms with Gasteiger partial charge in [0.1, 0.15) is 11.6 Å². The zero-order valence-corrected chi connectivity index (χ0v) is 19.9. The monoisotopic (exact) mass is 509 g/mol. The molecule has 0 radical (unpaired) electrons. The lowest BCUT2D eigenvalue weighted by Gasteiger charge is -2.46. The highest BCUT2D eigenvalue weighted by Gasteiger charge is 2.70. The maximum Gasteiger partial charge on any atom is 0.339 e. The largest absolute Gasteiger partial charge is 0.467 e. The van der Waals surface area contributed by atoms with E-state index >= 15 is 0 Å². The summed E-state index contributed by atoms with van der Waals surface area (Å²) in [5.41, 5.74) is -2.05. The number of methoxy groups -OCH3 is 2. The Morgan fingerprint density at radius 2 is 1.52 bits per heavy atom. The van der Waals surface area contributed by atoms with Crippen molar-refractivity contribution < 1.29 is 24.2 Å². The van der Waals surface area contributed by atoms with E-state index in [1.165, 1.54) is 14.2 Å². The van der Waals surface area contributed by atoms with E-state index < -0.39 is 29.1 Å². The first-order valence-corrected chi connectivity index (χ1v) is 11.2. The molecule has 1 saturated heterocycles. The molecule has 0 amide bonds. The highest BCUT2D eigenvalue weighted by molar-refractivity contribution is 9.10. The van der Waals surface area contributed by atoms with Crippen molar-refractivity contribution in [1.82, 2.24) is 0 Å². The van der Waals surface area contributed by atoms with Crippen LogP contribution in [0.3, 0.4) is 0 Å². The highest BCUT2D eigenvalue weighted by Crippen LogP contribution is 2.57. The fourth-order valence-electron chi connectivity index (χ4n) is 4.91. The topological polar surface area (TPSA) is 76.1 Å². The quantitative estimate of drug-likeness (QED) is 0.520. The molecule has 1 fully saturated rings. The van der Waals surface area contributed by atoms with Gasteiger partial charge in [-0.1, -0.05) is 82.7 Å². The van der Waals surface area contributed by atoms with Crippen molar-refractivity contribution in [3.05, 3.63) is 101 Å². The molecule has 0 saturated carbocycles.